The number of fused-ring (bicyclic) bond motifs is 1. The van der Waals surface area contributed by atoms with E-state index in [1.54, 1.807) is 0 Å². The Morgan fingerprint density at radius 2 is 1.97 bits per heavy atom. The first-order valence-electron chi connectivity index (χ1n) is 10.2. The highest BCUT2D eigenvalue weighted by molar-refractivity contribution is 7.80. The lowest BCUT2D eigenvalue weighted by molar-refractivity contribution is 0.174. The van der Waals surface area contributed by atoms with Gasteiger partial charge in [0.2, 0.25) is 6.79 Å². The minimum absolute atomic E-state index is 0.00403. The van der Waals surface area contributed by atoms with Gasteiger partial charge in [0.05, 0.1) is 17.8 Å². The number of pyridine rings is 1. The molecular weight excluding hydrogens is 396 g/mol. The summed E-state index contributed by atoms with van der Waals surface area (Å²) in [6.45, 7) is 7.54. The quantitative estimate of drug-likeness (QED) is 0.638. The van der Waals surface area contributed by atoms with Crippen LogP contribution in [0.5, 0.6) is 11.5 Å². The summed E-state index contributed by atoms with van der Waals surface area (Å²) >= 11 is 5.67. The van der Waals surface area contributed by atoms with Crippen LogP contribution < -0.4 is 14.8 Å². The van der Waals surface area contributed by atoms with Crippen LogP contribution in [0.15, 0.2) is 48.7 Å². The predicted molar refractivity (Wildman–Crippen MR) is 119 cm³/mol. The summed E-state index contributed by atoms with van der Waals surface area (Å²) in [6.07, 6.45) is 1.83. The fourth-order valence-electron chi connectivity index (χ4n) is 4.59. The lowest BCUT2D eigenvalue weighted by Gasteiger charge is -2.27. The number of hydrogen-bond donors (Lipinski definition) is 1. The van der Waals surface area contributed by atoms with Gasteiger partial charge in [0, 0.05) is 35.9 Å². The molecule has 1 N–H and O–H groups in total. The van der Waals surface area contributed by atoms with Crippen LogP contribution in [0.3, 0.4) is 0 Å². The summed E-state index contributed by atoms with van der Waals surface area (Å²) in [5.74, 6) is 1.57. The average Bonchev–Trinajstić information content (AvgIpc) is 3.43. The number of aromatic nitrogens is 2. The average molecular weight is 421 g/mol. The Kier molecular flexibility index (Phi) is 4.62. The van der Waals surface area contributed by atoms with Gasteiger partial charge in [-0.15, -0.1) is 0 Å². The van der Waals surface area contributed by atoms with E-state index in [4.69, 9.17) is 21.7 Å². The summed E-state index contributed by atoms with van der Waals surface area (Å²) in [7, 11) is 0. The zero-order chi connectivity index (χ0) is 20.8. The van der Waals surface area contributed by atoms with Crippen molar-refractivity contribution in [3.8, 4) is 17.2 Å². The maximum Gasteiger partial charge on any atom is 0.231 e. The number of ether oxygens (including phenoxy) is 2. The first-order valence-corrected chi connectivity index (χ1v) is 10.6. The van der Waals surface area contributed by atoms with Gasteiger partial charge in [-0.3, -0.25) is 4.98 Å². The topological polar surface area (TPSA) is 51.6 Å². The van der Waals surface area contributed by atoms with Gasteiger partial charge in [-0.2, -0.15) is 0 Å². The molecule has 2 aliphatic heterocycles. The second-order valence-corrected chi connectivity index (χ2v) is 8.00. The van der Waals surface area contributed by atoms with Crippen molar-refractivity contribution in [3.63, 3.8) is 0 Å². The number of rotatable bonds is 4. The van der Waals surface area contributed by atoms with E-state index in [0.29, 0.717) is 0 Å². The van der Waals surface area contributed by atoms with Gasteiger partial charge >= 0.3 is 0 Å². The molecule has 5 rings (SSSR count). The second-order valence-electron chi connectivity index (χ2n) is 7.61. The van der Waals surface area contributed by atoms with Gasteiger partial charge in [-0.1, -0.05) is 6.07 Å². The van der Waals surface area contributed by atoms with Crippen LogP contribution in [0.25, 0.3) is 5.69 Å². The van der Waals surface area contributed by atoms with Crippen molar-refractivity contribution in [1.82, 2.24) is 19.8 Å². The number of benzene rings is 1. The first-order chi connectivity index (χ1) is 14.6. The summed E-state index contributed by atoms with van der Waals surface area (Å²) in [4.78, 5) is 6.86. The molecule has 6 nitrogen and oxygen atoms in total. The molecule has 0 amide bonds. The Morgan fingerprint density at radius 1 is 1.13 bits per heavy atom. The van der Waals surface area contributed by atoms with Crippen LogP contribution >= 0.6 is 12.2 Å². The maximum atomic E-state index is 5.67. The van der Waals surface area contributed by atoms with Crippen molar-refractivity contribution in [2.45, 2.75) is 32.9 Å². The van der Waals surface area contributed by atoms with E-state index < -0.39 is 0 Å². The molecule has 0 saturated carbocycles. The summed E-state index contributed by atoms with van der Waals surface area (Å²) in [5.41, 5.74) is 5.65. The van der Waals surface area contributed by atoms with Crippen LogP contribution in [0.1, 0.15) is 41.7 Å². The smallest absolute Gasteiger partial charge is 0.231 e. The van der Waals surface area contributed by atoms with Crippen molar-refractivity contribution >= 4 is 17.3 Å². The van der Waals surface area contributed by atoms with E-state index in [1.165, 1.54) is 11.3 Å². The molecule has 4 heterocycles. The van der Waals surface area contributed by atoms with Gasteiger partial charge in [0.15, 0.2) is 16.6 Å². The van der Waals surface area contributed by atoms with Crippen LogP contribution in [0.2, 0.25) is 0 Å². The highest BCUT2D eigenvalue weighted by Crippen LogP contribution is 2.42. The SMILES string of the molecule is CCN1C(=S)N[C@H](c2ccccn2)[C@@H]1c1cc(C)n(-c2ccc3c(c2)OCO3)c1C. The van der Waals surface area contributed by atoms with Gasteiger partial charge in [-0.25, -0.2) is 0 Å². The molecule has 2 aliphatic rings. The Morgan fingerprint density at radius 3 is 2.73 bits per heavy atom. The monoisotopic (exact) mass is 420 g/mol. The molecule has 154 valence electrons. The number of nitrogens with zero attached hydrogens (tertiary/aromatic N) is 3. The first kappa shape index (κ1) is 18.9. The van der Waals surface area contributed by atoms with E-state index in [-0.39, 0.29) is 18.9 Å². The number of aryl methyl sites for hydroxylation is 1. The molecule has 0 spiro atoms. The van der Waals surface area contributed by atoms with Crippen molar-refractivity contribution in [2.24, 2.45) is 0 Å². The molecule has 0 bridgehead atoms. The third kappa shape index (κ3) is 2.92. The van der Waals surface area contributed by atoms with Gasteiger partial charge in [0.1, 0.15) is 0 Å². The summed E-state index contributed by atoms with van der Waals surface area (Å²) in [5, 5.41) is 4.27. The molecule has 2 atom stereocenters. The van der Waals surface area contributed by atoms with Crippen molar-refractivity contribution in [1.29, 1.82) is 0 Å². The van der Waals surface area contributed by atoms with Crippen LogP contribution in [0, 0.1) is 13.8 Å². The van der Waals surface area contributed by atoms with Gasteiger partial charge in [-0.05, 0) is 68.9 Å². The van der Waals surface area contributed by atoms with Crippen molar-refractivity contribution in [2.75, 3.05) is 13.3 Å². The third-order valence-corrected chi connectivity index (χ3v) is 6.29. The zero-order valence-electron chi connectivity index (χ0n) is 17.3. The van der Waals surface area contributed by atoms with E-state index in [0.717, 1.165) is 40.2 Å². The van der Waals surface area contributed by atoms with Crippen LogP contribution in [0.4, 0.5) is 0 Å². The third-order valence-electron chi connectivity index (χ3n) is 5.94. The standard InChI is InChI=1S/C23H24N4O2S/c1-4-26-22(21(25-23(26)30)18-7-5-6-10-24-18)17-11-14(2)27(15(17)3)16-8-9-19-20(12-16)29-13-28-19/h5-12,21-22H,4,13H2,1-3H3,(H,25,30)/t21-,22+/m1/s1. The fraction of sp³-hybridized carbons (Fsp3) is 0.304. The maximum absolute atomic E-state index is 5.67. The highest BCUT2D eigenvalue weighted by atomic mass is 32.1. The predicted octanol–water partition coefficient (Wildman–Crippen LogP) is 4.21. The zero-order valence-corrected chi connectivity index (χ0v) is 18.1. The molecule has 0 unspecified atom stereocenters. The molecule has 2 aromatic heterocycles. The number of hydrogen-bond acceptors (Lipinski definition) is 4. The summed E-state index contributed by atoms with van der Waals surface area (Å²) in [6, 6.07) is 14.4. The van der Waals surface area contributed by atoms with Crippen LogP contribution in [-0.2, 0) is 0 Å². The Balaban J connectivity index is 1.61. The van der Waals surface area contributed by atoms with E-state index in [9.17, 15) is 0 Å². The fourth-order valence-corrected chi connectivity index (χ4v) is 4.96. The van der Waals surface area contributed by atoms with Crippen molar-refractivity contribution in [3.05, 3.63) is 71.3 Å². The molecule has 1 fully saturated rings. The van der Waals surface area contributed by atoms with Gasteiger partial charge in [0.25, 0.3) is 0 Å². The van der Waals surface area contributed by atoms with E-state index in [1.807, 2.05) is 30.5 Å². The molecule has 0 aliphatic carbocycles. The van der Waals surface area contributed by atoms with Crippen molar-refractivity contribution < 1.29 is 9.47 Å². The van der Waals surface area contributed by atoms with E-state index in [2.05, 4.69) is 58.7 Å². The molecule has 0 radical (unpaired) electrons. The lowest BCUT2D eigenvalue weighted by atomic mass is 9.97. The molecule has 7 heteroatoms. The largest absolute Gasteiger partial charge is 0.454 e. The molecular formula is C23H24N4O2S. The van der Waals surface area contributed by atoms with Gasteiger partial charge < -0.3 is 24.3 Å². The van der Waals surface area contributed by atoms with Crippen LogP contribution in [-0.4, -0.2) is 32.9 Å². The Hall–Kier alpha value is -3.06. The number of thiocarbonyl (C=S) groups is 1. The number of likely N-dealkylation sites (N-methyl/N-ethyl adjacent to an activating group) is 1. The normalized spacial score (nSPS) is 20.0. The molecule has 30 heavy (non-hydrogen) atoms. The molecule has 1 aromatic carbocycles. The lowest BCUT2D eigenvalue weighted by Crippen LogP contribution is -2.29. The number of nitrogens with one attached hydrogen (secondary N) is 1. The van der Waals surface area contributed by atoms with E-state index >= 15 is 0 Å². The highest BCUT2D eigenvalue weighted by Gasteiger charge is 2.40. The second kappa shape index (κ2) is 7.32. The molecule has 3 aromatic rings. The minimum Gasteiger partial charge on any atom is -0.454 e. The summed E-state index contributed by atoms with van der Waals surface area (Å²) < 4.78 is 13.3. The Labute approximate surface area is 181 Å². The molecule has 1 saturated heterocycles. The minimum atomic E-state index is 0.00403. The Bertz CT molecular complexity index is 1110.